The predicted molar refractivity (Wildman–Crippen MR) is 75.0 cm³/mol. The molecule has 1 aromatic rings. The molecule has 0 aromatic carbocycles. The van der Waals surface area contributed by atoms with Crippen LogP contribution in [0.1, 0.15) is 51.0 Å². The maximum atomic E-state index is 4.49. The lowest BCUT2D eigenvalue weighted by Gasteiger charge is -2.60. The van der Waals surface area contributed by atoms with Crippen molar-refractivity contribution in [3.05, 3.63) is 12.4 Å². The van der Waals surface area contributed by atoms with Gasteiger partial charge in [0.15, 0.2) is 0 Å². The average molecular weight is 257 g/mol. The van der Waals surface area contributed by atoms with Gasteiger partial charge in [0.25, 0.3) is 0 Å². The maximum absolute atomic E-state index is 4.49. The molecule has 1 aliphatic heterocycles. The highest BCUT2D eigenvalue weighted by atomic mass is 15.2. The summed E-state index contributed by atoms with van der Waals surface area (Å²) in [6, 6.07) is 0.722. The number of imidazole rings is 1. The summed E-state index contributed by atoms with van der Waals surface area (Å²) in [5.74, 6) is 4.27. The molecule has 4 saturated carbocycles. The number of anilines is 1. The van der Waals surface area contributed by atoms with Crippen LogP contribution in [0.3, 0.4) is 0 Å². The van der Waals surface area contributed by atoms with Crippen LogP contribution in [0.15, 0.2) is 12.4 Å². The fraction of sp³-hybridized carbons (Fsp3) is 0.812. The minimum absolute atomic E-state index is 0.617. The van der Waals surface area contributed by atoms with E-state index >= 15 is 0 Å². The third-order valence-corrected chi connectivity index (χ3v) is 6.50. The molecule has 2 heterocycles. The van der Waals surface area contributed by atoms with Crippen molar-refractivity contribution in [3.8, 4) is 0 Å². The van der Waals surface area contributed by atoms with Crippen LogP contribution >= 0.6 is 0 Å². The van der Waals surface area contributed by atoms with Gasteiger partial charge in [-0.2, -0.15) is 0 Å². The van der Waals surface area contributed by atoms with Gasteiger partial charge in [-0.1, -0.05) is 0 Å². The number of nitrogens with one attached hydrogen (secondary N) is 1. The Labute approximate surface area is 114 Å². The standard InChI is InChI=1S/C16H23N3/c1-2-17-15-18-3-4-19(15)14(1)16-8-11-5-12(9-16)7-13(6-11)10-16/h3-4,11-14H,1-2,5-10H2,(H,17,18). The van der Waals surface area contributed by atoms with E-state index in [1.807, 2.05) is 6.20 Å². The van der Waals surface area contributed by atoms with Crippen LogP contribution in [0.5, 0.6) is 0 Å². The van der Waals surface area contributed by atoms with E-state index < -0.39 is 0 Å². The first kappa shape index (κ1) is 10.8. The van der Waals surface area contributed by atoms with Crippen LogP contribution in [0.4, 0.5) is 5.95 Å². The number of fused-ring (bicyclic) bond motifs is 1. The Hall–Kier alpha value is -0.990. The van der Waals surface area contributed by atoms with Crippen LogP contribution in [0.2, 0.25) is 0 Å². The Balaban J connectivity index is 1.57. The zero-order chi connectivity index (χ0) is 12.4. The maximum Gasteiger partial charge on any atom is 0.203 e. The zero-order valence-electron chi connectivity index (χ0n) is 11.5. The Bertz CT molecular complexity index is 469. The molecule has 0 saturated heterocycles. The first-order valence-electron chi connectivity index (χ1n) is 8.09. The number of nitrogens with zero attached hydrogens (tertiary/aromatic N) is 2. The molecule has 1 aromatic heterocycles. The zero-order valence-corrected chi connectivity index (χ0v) is 11.5. The van der Waals surface area contributed by atoms with Crippen molar-refractivity contribution in [1.29, 1.82) is 0 Å². The molecular weight excluding hydrogens is 234 g/mol. The molecule has 4 bridgehead atoms. The van der Waals surface area contributed by atoms with E-state index in [-0.39, 0.29) is 0 Å². The molecule has 0 radical (unpaired) electrons. The van der Waals surface area contributed by atoms with Crippen LogP contribution < -0.4 is 5.32 Å². The van der Waals surface area contributed by atoms with Crippen molar-refractivity contribution in [2.24, 2.45) is 23.2 Å². The van der Waals surface area contributed by atoms with E-state index in [2.05, 4.69) is 21.1 Å². The minimum atomic E-state index is 0.617. The van der Waals surface area contributed by atoms with E-state index in [4.69, 9.17) is 0 Å². The topological polar surface area (TPSA) is 29.9 Å². The van der Waals surface area contributed by atoms with Gasteiger partial charge in [-0.15, -0.1) is 0 Å². The van der Waals surface area contributed by atoms with Crippen LogP contribution in [-0.4, -0.2) is 16.1 Å². The van der Waals surface area contributed by atoms with Crippen LogP contribution in [0.25, 0.3) is 0 Å². The van der Waals surface area contributed by atoms with Gasteiger partial charge in [-0.05, 0) is 68.1 Å². The Morgan fingerprint density at radius 2 is 1.79 bits per heavy atom. The molecule has 0 spiro atoms. The van der Waals surface area contributed by atoms with E-state index in [9.17, 15) is 0 Å². The van der Waals surface area contributed by atoms with Gasteiger partial charge in [0.05, 0.1) is 0 Å². The van der Waals surface area contributed by atoms with Crippen molar-refractivity contribution in [1.82, 2.24) is 9.55 Å². The van der Waals surface area contributed by atoms with Gasteiger partial charge in [0, 0.05) is 25.0 Å². The van der Waals surface area contributed by atoms with Gasteiger partial charge < -0.3 is 9.88 Å². The lowest BCUT2D eigenvalue weighted by molar-refractivity contribution is -0.0844. The van der Waals surface area contributed by atoms with Crippen molar-refractivity contribution in [3.63, 3.8) is 0 Å². The highest BCUT2D eigenvalue weighted by Crippen LogP contribution is 2.64. The first-order valence-corrected chi connectivity index (χ1v) is 8.09. The Morgan fingerprint density at radius 1 is 1.11 bits per heavy atom. The molecule has 0 amide bonds. The molecule has 1 N–H and O–H groups in total. The van der Waals surface area contributed by atoms with Crippen molar-refractivity contribution >= 4 is 5.95 Å². The van der Waals surface area contributed by atoms with Gasteiger partial charge in [-0.3, -0.25) is 0 Å². The number of hydrogen-bond acceptors (Lipinski definition) is 2. The molecule has 3 nitrogen and oxygen atoms in total. The van der Waals surface area contributed by atoms with Crippen LogP contribution in [0, 0.1) is 23.2 Å². The average Bonchev–Trinajstić information content (AvgIpc) is 2.84. The van der Waals surface area contributed by atoms with Crippen LogP contribution in [-0.2, 0) is 0 Å². The minimum Gasteiger partial charge on any atom is -0.356 e. The fourth-order valence-electron chi connectivity index (χ4n) is 6.35. The Morgan fingerprint density at radius 3 is 2.47 bits per heavy atom. The summed E-state index contributed by atoms with van der Waals surface area (Å²) < 4.78 is 2.47. The molecule has 4 fully saturated rings. The monoisotopic (exact) mass is 257 g/mol. The second-order valence-electron chi connectivity index (χ2n) is 7.67. The van der Waals surface area contributed by atoms with Gasteiger partial charge in [0.2, 0.25) is 5.95 Å². The molecule has 5 aliphatic rings. The quantitative estimate of drug-likeness (QED) is 0.835. The number of rotatable bonds is 1. The molecule has 1 unspecified atom stereocenters. The highest BCUT2D eigenvalue weighted by molar-refractivity contribution is 5.30. The number of hydrogen-bond donors (Lipinski definition) is 1. The fourth-order valence-corrected chi connectivity index (χ4v) is 6.35. The third kappa shape index (κ3) is 1.42. The lowest BCUT2D eigenvalue weighted by Crippen LogP contribution is -2.51. The largest absolute Gasteiger partial charge is 0.356 e. The first-order chi connectivity index (χ1) is 9.32. The van der Waals surface area contributed by atoms with Gasteiger partial charge in [0.1, 0.15) is 0 Å². The molecule has 4 aliphatic carbocycles. The lowest BCUT2D eigenvalue weighted by atomic mass is 9.47. The summed E-state index contributed by atoms with van der Waals surface area (Å²) in [5.41, 5.74) is 0.617. The molecule has 102 valence electrons. The summed E-state index contributed by atoms with van der Waals surface area (Å²) in [7, 11) is 0. The summed E-state index contributed by atoms with van der Waals surface area (Å²) in [6.07, 6.45) is 14.6. The Kier molecular flexibility index (Phi) is 2.01. The normalized spacial score (nSPS) is 46.9. The molecule has 3 heteroatoms. The van der Waals surface area contributed by atoms with E-state index in [1.165, 1.54) is 25.7 Å². The second kappa shape index (κ2) is 3.56. The summed E-state index contributed by atoms with van der Waals surface area (Å²) in [6.45, 7) is 1.11. The van der Waals surface area contributed by atoms with E-state index in [1.54, 1.807) is 19.3 Å². The third-order valence-electron chi connectivity index (χ3n) is 6.50. The molecule has 19 heavy (non-hydrogen) atoms. The molecular formula is C16H23N3. The second-order valence-corrected chi connectivity index (χ2v) is 7.67. The molecule has 1 atom stereocenters. The van der Waals surface area contributed by atoms with E-state index in [0.717, 1.165) is 36.3 Å². The van der Waals surface area contributed by atoms with Gasteiger partial charge >= 0.3 is 0 Å². The van der Waals surface area contributed by atoms with Crippen molar-refractivity contribution in [2.75, 3.05) is 11.9 Å². The van der Waals surface area contributed by atoms with E-state index in [0.29, 0.717) is 5.41 Å². The summed E-state index contributed by atoms with van der Waals surface area (Å²) in [5, 5.41) is 3.46. The SMILES string of the molecule is c1cn2c(n1)NCCC2C12CC3CC(CC(C3)C1)C2. The highest BCUT2D eigenvalue weighted by Gasteiger charge is 2.55. The van der Waals surface area contributed by atoms with Gasteiger partial charge in [-0.25, -0.2) is 4.98 Å². The smallest absolute Gasteiger partial charge is 0.203 e. The molecule has 6 rings (SSSR count). The van der Waals surface area contributed by atoms with Crippen molar-refractivity contribution < 1.29 is 0 Å². The summed E-state index contributed by atoms with van der Waals surface area (Å²) in [4.78, 5) is 4.49. The summed E-state index contributed by atoms with van der Waals surface area (Å²) >= 11 is 0. The predicted octanol–water partition coefficient (Wildman–Crippen LogP) is 3.46. The number of aromatic nitrogens is 2. The van der Waals surface area contributed by atoms with Crippen molar-refractivity contribution in [2.45, 2.75) is 51.0 Å².